The number of thiocarbonyl (C=S) groups is 1. The Labute approximate surface area is 218 Å². The summed E-state index contributed by atoms with van der Waals surface area (Å²) in [4.78, 5) is 10.4. The number of hydrogen-bond donors (Lipinski definition) is 1. The molecule has 2 saturated heterocycles. The van der Waals surface area contributed by atoms with Crippen LogP contribution in [0.5, 0.6) is 0 Å². The van der Waals surface area contributed by atoms with E-state index in [0.717, 1.165) is 39.7 Å². The Bertz CT molecular complexity index is 1140. The fourth-order valence-electron chi connectivity index (χ4n) is 5.17. The molecule has 0 saturated carbocycles. The van der Waals surface area contributed by atoms with Crippen LogP contribution in [0.1, 0.15) is 42.9 Å². The molecule has 0 unspecified atom stereocenters. The molecule has 1 N–H and O–H groups in total. The first-order valence-electron chi connectivity index (χ1n) is 11.2. The Morgan fingerprint density at radius 1 is 1.15 bits per heavy atom. The topological polar surface area (TPSA) is 31.4 Å². The van der Waals surface area contributed by atoms with Crippen LogP contribution in [0, 0.1) is 11.8 Å². The summed E-state index contributed by atoms with van der Waals surface area (Å²) in [5.74, 6) is 1.33. The molecule has 2 fully saturated rings. The third-order valence-corrected chi connectivity index (χ3v) is 8.78. The van der Waals surface area contributed by atoms with Crippen molar-refractivity contribution >= 4 is 67.6 Å². The number of benzene rings is 1. The summed E-state index contributed by atoms with van der Waals surface area (Å²) in [5.41, 5.74) is 3.07. The van der Waals surface area contributed by atoms with Crippen LogP contribution >= 0.6 is 51.1 Å². The molecule has 0 bridgehead atoms. The maximum atomic E-state index is 6.89. The van der Waals surface area contributed by atoms with Crippen molar-refractivity contribution in [2.24, 2.45) is 11.8 Å². The lowest BCUT2D eigenvalue weighted by atomic mass is 9.91. The van der Waals surface area contributed by atoms with E-state index in [-0.39, 0.29) is 12.1 Å². The van der Waals surface area contributed by atoms with Crippen LogP contribution in [0.4, 0.5) is 11.4 Å². The molecule has 4 atom stereocenters. The molecule has 1 aromatic carbocycles. The Morgan fingerprint density at radius 3 is 2.58 bits per heavy atom. The van der Waals surface area contributed by atoms with Crippen molar-refractivity contribution in [2.45, 2.75) is 32.4 Å². The van der Waals surface area contributed by atoms with Crippen LogP contribution in [0.25, 0.3) is 0 Å². The van der Waals surface area contributed by atoms with Crippen molar-refractivity contribution in [3.05, 3.63) is 74.1 Å². The normalized spacial score (nSPS) is 25.4. The van der Waals surface area contributed by atoms with Gasteiger partial charge in [0.2, 0.25) is 0 Å². The van der Waals surface area contributed by atoms with Gasteiger partial charge >= 0.3 is 0 Å². The molecule has 0 aliphatic carbocycles. The molecule has 2 aliphatic rings. The highest BCUT2D eigenvalue weighted by atomic mass is 79.9. The zero-order chi connectivity index (χ0) is 23.1. The molecule has 5 rings (SSSR count). The Balaban J connectivity index is 1.51. The van der Waals surface area contributed by atoms with Gasteiger partial charge in [-0.05, 0) is 82.8 Å². The van der Waals surface area contributed by atoms with E-state index in [1.165, 1.54) is 11.3 Å². The molecule has 2 aliphatic heterocycles. The lowest BCUT2D eigenvalue weighted by Crippen LogP contribution is -2.38. The van der Waals surface area contributed by atoms with E-state index in [4.69, 9.17) is 23.8 Å². The van der Waals surface area contributed by atoms with Gasteiger partial charge in [-0.1, -0.05) is 31.5 Å². The summed E-state index contributed by atoms with van der Waals surface area (Å²) >= 11 is 18.1. The maximum Gasteiger partial charge on any atom is 0.174 e. The van der Waals surface area contributed by atoms with Crippen LogP contribution < -0.4 is 15.1 Å². The van der Waals surface area contributed by atoms with Gasteiger partial charge in [-0.15, -0.1) is 11.3 Å². The summed E-state index contributed by atoms with van der Waals surface area (Å²) in [6, 6.07) is 14.5. The molecule has 0 spiro atoms. The van der Waals surface area contributed by atoms with E-state index >= 15 is 0 Å². The second-order valence-corrected chi connectivity index (χ2v) is 11.8. The van der Waals surface area contributed by atoms with Gasteiger partial charge in [-0.3, -0.25) is 4.98 Å². The van der Waals surface area contributed by atoms with E-state index in [2.05, 4.69) is 79.5 Å². The fourth-order valence-corrected chi connectivity index (χ4v) is 7.38. The lowest BCUT2D eigenvalue weighted by Gasteiger charge is -2.37. The summed E-state index contributed by atoms with van der Waals surface area (Å²) < 4.78 is 1.07. The molecular weight excluding hydrogens is 536 g/mol. The number of nitrogens with zero attached hydrogens (tertiary/aromatic N) is 3. The molecule has 4 nitrogen and oxygen atoms in total. The highest BCUT2D eigenvalue weighted by Gasteiger charge is 2.41. The maximum absolute atomic E-state index is 6.89. The minimum Gasteiger partial charge on any atom is -0.370 e. The lowest BCUT2D eigenvalue weighted by molar-refractivity contribution is 0.357. The SMILES string of the molecule is C[C@@H]1C[C@H](C)CN(c2ccc(N3C(=S)N[C@H](c4ccccn4)[C@H]3c3cc(Br)cs3)cc2Cl)C1. The molecule has 33 heavy (non-hydrogen) atoms. The largest absolute Gasteiger partial charge is 0.370 e. The van der Waals surface area contributed by atoms with Gasteiger partial charge in [0.05, 0.1) is 28.5 Å². The molecular formula is C25H26BrClN4S2. The standard InChI is InChI=1S/C25H26BrClN4S2/c1-15-9-16(2)13-30(12-15)21-7-6-18(11-19(21)27)31-24(22-10-17(26)14-33-22)23(29-25(31)32)20-5-3-4-8-28-20/h3-8,10-11,14-16,23-24H,9,12-13H2,1-2H3,(H,29,32)/t15-,16+,23-,24-/m1/s1. The first-order chi connectivity index (χ1) is 15.9. The van der Waals surface area contributed by atoms with Gasteiger partial charge in [0, 0.05) is 39.7 Å². The van der Waals surface area contributed by atoms with E-state index in [0.29, 0.717) is 16.9 Å². The molecule has 0 radical (unpaired) electrons. The van der Waals surface area contributed by atoms with E-state index in [1.54, 1.807) is 11.3 Å². The van der Waals surface area contributed by atoms with Crippen molar-refractivity contribution < 1.29 is 0 Å². The molecule has 8 heteroatoms. The Kier molecular flexibility index (Phi) is 6.67. The van der Waals surface area contributed by atoms with Gasteiger partial charge in [0.15, 0.2) is 5.11 Å². The van der Waals surface area contributed by atoms with Crippen LogP contribution in [-0.2, 0) is 0 Å². The third-order valence-electron chi connectivity index (χ3n) is 6.40. The monoisotopic (exact) mass is 560 g/mol. The highest BCUT2D eigenvalue weighted by Crippen LogP contribution is 2.45. The second kappa shape index (κ2) is 9.53. The summed E-state index contributed by atoms with van der Waals surface area (Å²) in [6.07, 6.45) is 3.10. The van der Waals surface area contributed by atoms with Crippen molar-refractivity contribution in [2.75, 3.05) is 22.9 Å². The number of hydrogen-bond acceptors (Lipinski definition) is 4. The molecule has 4 heterocycles. The van der Waals surface area contributed by atoms with Crippen LogP contribution in [0.2, 0.25) is 5.02 Å². The van der Waals surface area contributed by atoms with Crippen molar-refractivity contribution in [3.8, 4) is 0 Å². The predicted octanol–water partition coefficient (Wildman–Crippen LogP) is 7.22. The summed E-state index contributed by atoms with van der Waals surface area (Å²) in [7, 11) is 0. The fraction of sp³-hybridized carbons (Fsp3) is 0.360. The smallest absolute Gasteiger partial charge is 0.174 e. The van der Waals surface area contributed by atoms with Gasteiger partial charge in [0.1, 0.15) is 0 Å². The number of thiophene rings is 1. The molecule has 2 aromatic heterocycles. The van der Waals surface area contributed by atoms with Crippen molar-refractivity contribution in [1.82, 2.24) is 10.3 Å². The van der Waals surface area contributed by atoms with Crippen LogP contribution in [-0.4, -0.2) is 23.2 Å². The van der Waals surface area contributed by atoms with Crippen LogP contribution in [0.3, 0.4) is 0 Å². The second-order valence-electron chi connectivity index (χ2n) is 9.15. The zero-order valence-electron chi connectivity index (χ0n) is 18.5. The number of pyridine rings is 1. The zero-order valence-corrected chi connectivity index (χ0v) is 22.5. The number of piperidine rings is 1. The minimum absolute atomic E-state index is 0.0133. The average molecular weight is 562 g/mol. The van der Waals surface area contributed by atoms with Crippen LogP contribution in [0.15, 0.2) is 58.5 Å². The van der Waals surface area contributed by atoms with Gasteiger partial charge in [0.25, 0.3) is 0 Å². The summed E-state index contributed by atoms with van der Waals surface area (Å²) in [6.45, 7) is 6.73. The molecule has 172 valence electrons. The first-order valence-corrected chi connectivity index (χ1v) is 13.7. The quantitative estimate of drug-likeness (QED) is 0.340. The van der Waals surface area contributed by atoms with Gasteiger partial charge in [-0.25, -0.2) is 0 Å². The number of anilines is 2. The molecule has 0 amide bonds. The van der Waals surface area contributed by atoms with E-state index in [9.17, 15) is 0 Å². The third kappa shape index (κ3) is 4.65. The number of rotatable bonds is 4. The first kappa shape index (κ1) is 23.1. The number of halogens is 2. The molecule has 3 aromatic rings. The summed E-state index contributed by atoms with van der Waals surface area (Å²) in [5, 5.41) is 7.08. The Hall–Kier alpha value is -1.67. The number of nitrogens with one attached hydrogen (secondary N) is 1. The average Bonchev–Trinajstić information content (AvgIpc) is 3.36. The van der Waals surface area contributed by atoms with E-state index < -0.39 is 0 Å². The minimum atomic E-state index is -0.0495. The Morgan fingerprint density at radius 2 is 1.94 bits per heavy atom. The van der Waals surface area contributed by atoms with E-state index in [1.807, 2.05) is 24.4 Å². The van der Waals surface area contributed by atoms with Gasteiger partial charge in [-0.2, -0.15) is 0 Å². The van der Waals surface area contributed by atoms with Gasteiger partial charge < -0.3 is 15.1 Å². The van der Waals surface area contributed by atoms with Crippen molar-refractivity contribution in [3.63, 3.8) is 0 Å². The predicted molar refractivity (Wildman–Crippen MR) is 147 cm³/mol. The highest BCUT2D eigenvalue weighted by molar-refractivity contribution is 9.10. The number of aromatic nitrogens is 1. The van der Waals surface area contributed by atoms with Crippen molar-refractivity contribution in [1.29, 1.82) is 0 Å².